The Morgan fingerprint density at radius 2 is 1.90 bits per heavy atom. The molecule has 39 heavy (non-hydrogen) atoms. The van der Waals surface area contributed by atoms with E-state index in [9.17, 15) is 9.59 Å². The highest BCUT2D eigenvalue weighted by atomic mass is 16.5. The van der Waals surface area contributed by atoms with Crippen LogP contribution in [0.15, 0.2) is 12.1 Å². The minimum Gasteiger partial charge on any atom is -0.493 e. The molecule has 7 rings (SSSR count). The smallest absolute Gasteiger partial charge is 0.270 e. The highest BCUT2D eigenvalue weighted by Gasteiger charge is 2.65. The van der Waals surface area contributed by atoms with Gasteiger partial charge in [-0.05, 0) is 74.9 Å². The molecule has 2 aliphatic carbocycles. The maximum atomic E-state index is 13.9. The molecule has 1 unspecified atom stereocenters. The number of aromatic amines is 1. The van der Waals surface area contributed by atoms with Crippen molar-refractivity contribution in [1.29, 1.82) is 0 Å². The molecule has 2 bridgehead atoms. The van der Waals surface area contributed by atoms with Crippen LogP contribution in [0.5, 0.6) is 11.5 Å². The van der Waals surface area contributed by atoms with Crippen molar-refractivity contribution in [3.63, 3.8) is 0 Å². The zero-order valence-corrected chi connectivity index (χ0v) is 23.6. The van der Waals surface area contributed by atoms with Crippen LogP contribution in [0.4, 0.5) is 0 Å². The lowest BCUT2D eigenvalue weighted by Gasteiger charge is -2.57. The molecular weight excluding hydrogens is 492 g/mol. The third-order valence-electron chi connectivity index (χ3n) is 10.6. The number of methoxy groups -OCH3 is 1. The van der Waals surface area contributed by atoms with E-state index in [-0.39, 0.29) is 23.3 Å². The fourth-order valence-electron chi connectivity index (χ4n) is 8.45. The van der Waals surface area contributed by atoms with Crippen LogP contribution in [0.25, 0.3) is 0 Å². The number of amides is 2. The molecule has 2 fully saturated rings. The highest BCUT2D eigenvalue weighted by molar-refractivity contribution is 5.95. The lowest BCUT2D eigenvalue weighted by Crippen LogP contribution is -2.62. The van der Waals surface area contributed by atoms with Crippen molar-refractivity contribution in [2.75, 3.05) is 46.9 Å². The Labute approximate surface area is 230 Å². The third kappa shape index (κ3) is 3.39. The van der Waals surface area contributed by atoms with Gasteiger partial charge in [0.1, 0.15) is 11.8 Å². The molecule has 4 atom stereocenters. The van der Waals surface area contributed by atoms with E-state index in [2.05, 4.69) is 42.9 Å². The fraction of sp³-hybridized carbons (Fsp3) is 0.613. The second kappa shape index (κ2) is 9.01. The maximum Gasteiger partial charge on any atom is 0.270 e. The van der Waals surface area contributed by atoms with E-state index in [1.54, 1.807) is 7.11 Å². The predicted molar refractivity (Wildman–Crippen MR) is 148 cm³/mol. The molecule has 5 aliphatic rings. The lowest BCUT2D eigenvalue weighted by molar-refractivity contribution is -0.132. The predicted octanol–water partition coefficient (Wildman–Crippen LogP) is 3.61. The molecule has 8 nitrogen and oxygen atoms in total. The number of carbonyl (C=O) groups is 2. The summed E-state index contributed by atoms with van der Waals surface area (Å²) < 4.78 is 12.7. The molecule has 8 heteroatoms. The van der Waals surface area contributed by atoms with Crippen LogP contribution in [-0.2, 0) is 23.1 Å². The summed E-state index contributed by atoms with van der Waals surface area (Å²) in [6.07, 6.45) is 5.42. The van der Waals surface area contributed by atoms with Gasteiger partial charge in [-0.1, -0.05) is 19.4 Å². The molecule has 1 N–H and O–H groups in total. The van der Waals surface area contributed by atoms with Crippen molar-refractivity contribution < 1.29 is 19.1 Å². The Hall–Kier alpha value is -3.00. The summed E-state index contributed by atoms with van der Waals surface area (Å²) in [5, 5.41) is 0. The van der Waals surface area contributed by atoms with Gasteiger partial charge in [-0.15, -0.1) is 0 Å². The fourth-order valence-corrected chi connectivity index (χ4v) is 8.45. The van der Waals surface area contributed by atoms with Crippen molar-refractivity contribution in [1.82, 2.24) is 19.7 Å². The Kier molecular flexibility index (Phi) is 5.78. The number of hydrogen-bond acceptors (Lipinski definition) is 5. The molecular formula is C31H40N4O4. The molecule has 2 amide bonds. The number of rotatable bonds is 5. The van der Waals surface area contributed by atoms with Crippen molar-refractivity contribution >= 4 is 11.8 Å². The number of ether oxygens (including phenoxy) is 2. The molecule has 1 spiro atoms. The highest BCUT2D eigenvalue weighted by Crippen LogP contribution is 2.67. The van der Waals surface area contributed by atoms with E-state index in [1.807, 2.05) is 9.80 Å². The summed E-state index contributed by atoms with van der Waals surface area (Å²) >= 11 is 0. The summed E-state index contributed by atoms with van der Waals surface area (Å²) in [6.45, 7) is 7.61. The number of nitrogens with one attached hydrogen (secondary N) is 1. The number of aromatic nitrogens is 1. The van der Waals surface area contributed by atoms with Crippen LogP contribution in [-0.4, -0.2) is 84.4 Å². The van der Waals surface area contributed by atoms with Gasteiger partial charge < -0.3 is 29.2 Å². The van der Waals surface area contributed by atoms with Crippen LogP contribution in [0.1, 0.15) is 77.1 Å². The molecule has 0 radical (unpaired) electrons. The molecule has 1 aromatic carbocycles. The van der Waals surface area contributed by atoms with Gasteiger partial charge in [-0.2, -0.15) is 0 Å². The number of likely N-dealkylation sites (N-methyl/N-ethyl adjacent to an activating group) is 1. The number of piperidine rings is 1. The number of H-pyrrole nitrogens is 1. The van der Waals surface area contributed by atoms with E-state index in [4.69, 9.17) is 9.47 Å². The van der Waals surface area contributed by atoms with E-state index in [0.717, 1.165) is 61.4 Å². The molecule has 4 heterocycles. The van der Waals surface area contributed by atoms with Crippen LogP contribution in [0.2, 0.25) is 0 Å². The largest absolute Gasteiger partial charge is 0.493 e. The summed E-state index contributed by atoms with van der Waals surface area (Å²) in [7, 11) is 3.98. The Morgan fingerprint density at radius 1 is 1.13 bits per heavy atom. The number of benzene rings is 1. The SMILES string of the molecule is CCCCC(=O)N1CCN(C(=O)c2[nH]c3c(c2C)CC2[C@@H]4Cc5ccc(OC)c6c5[C@@]2(CCN4C)[C@H]3O6)CC1. The first kappa shape index (κ1) is 25.0. The van der Waals surface area contributed by atoms with Gasteiger partial charge in [0.25, 0.3) is 5.91 Å². The number of hydrogen-bond donors (Lipinski definition) is 1. The van der Waals surface area contributed by atoms with Crippen LogP contribution < -0.4 is 9.47 Å². The zero-order chi connectivity index (χ0) is 27.1. The molecule has 2 saturated heterocycles. The Bertz CT molecular complexity index is 1340. The number of carbonyl (C=O) groups excluding carboxylic acids is 2. The Balaban J connectivity index is 1.22. The summed E-state index contributed by atoms with van der Waals surface area (Å²) in [5.41, 5.74) is 6.73. The first-order valence-electron chi connectivity index (χ1n) is 14.7. The number of unbranched alkanes of at least 4 members (excludes halogenated alkanes) is 1. The van der Waals surface area contributed by atoms with E-state index in [1.165, 1.54) is 16.7 Å². The van der Waals surface area contributed by atoms with Gasteiger partial charge in [-0.25, -0.2) is 0 Å². The number of likely N-dealkylation sites (tertiary alicyclic amines) is 1. The zero-order valence-electron chi connectivity index (χ0n) is 23.6. The summed E-state index contributed by atoms with van der Waals surface area (Å²) in [6, 6.07) is 4.75. The lowest BCUT2D eigenvalue weighted by atomic mass is 9.51. The van der Waals surface area contributed by atoms with E-state index in [0.29, 0.717) is 50.3 Å². The topological polar surface area (TPSA) is 78.1 Å². The van der Waals surface area contributed by atoms with Crippen molar-refractivity contribution in [2.45, 2.75) is 69.9 Å². The van der Waals surface area contributed by atoms with Crippen molar-refractivity contribution in [3.05, 3.63) is 45.8 Å². The van der Waals surface area contributed by atoms with Gasteiger partial charge in [0.2, 0.25) is 5.91 Å². The Morgan fingerprint density at radius 3 is 2.64 bits per heavy atom. The second-order valence-corrected chi connectivity index (χ2v) is 12.3. The maximum absolute atomic E-state index is 13.9. The molecule has 0 saturated carbocycles. The first-order chi connectivity index (χ1) is 18.9. The van der Waals surface area contributed by atoms with Crippen molar-refractivity contribution in [3.8, 4) is 11.5 Å². The second-order valence-electron chi connectivity index (χ2n) is 12.3. The normalized spacial score (nSPS) is 28.6. The quantitative estimate of drug-likeness (QED) is 0.637. The van der Waals surface area contributed by atoms with Gasteiger partial charge in [-0.3, -0.25) is 9.59 Å². The number of piperazine rings is 1. The van der Waals surface area contributed by atoms with Gasteiger partial charge in [0, 0.05) is 49.6 Å². The minimum absolute atomic E-state index is 0.0388. The third-order valence-corrected chi connectivity index (χ3v) is 10.6. The van der Waals surface area contributed by atoms with Crippen molar-refractivity contribution in [2.24, 2.45) is 5.92 Å². The number of fused-ring (bicyclic) bond motifs is 2. The molecule has 3 aliphatic heterocycles. The van der Waals surface area contributed by atoms with Crippen LogP contribution in [0.3, 0.4) is 0 Å². The number of nitrogens with zero attached hydrogens (tertiary/aromatic N) is 3. The minimum atomic E-state index is -0.138. The van der Waals surface area contributed by atoms with E-state index < -0.39 is 0 Å². The first-order valence-corrected chi connectivity index (χ1v) is 14.7. The van der Waals surface area contributed by atoms with Crippen LogP contribution >= 0.6 is 0 Å². The summed E-state index contributed by atoms with van der Waals surface area (Å²) in [5.74, 6) is 2.40. The van der Waals surface area contributed by atoms with Gasteiger partial charge in [0.05, 0.1) is 12.8 Å². The monoisotopic (exact) mass is 532 g/mol. The average molecular weight is 533 g/mol. The molecule has 1 aromatic heterocycles. The summed E-state index contributed by atoms with van der Waals surface area (Å²) in [4.78, 5) is 36.4. The van der Waals surface area contributed by atoms with Gasteiger partial charge in [0.15, 0.2) is 11.5 Å². The van der Waals surface area contributed by atoms with E-state index >= 15 is 0 Å². The standard InChI is InChI=1S/C31H40N4O4/c1-5-6-7-24(36)34-12-14-35(15-13-34)30(37)26-18(2)20-17-21-22-16-19-8-9-23(38-4)28-25(19)31(21,10-11-33(22)3)29(39-28)27(20)32-26/h8-9,21-22,29,32H,5-7,10-17H2,1-4H3/t21?,22-,29-,31-/m0/s1. The van der Waals surface area contributed by atoms with Gasteiger partial charge >= 0.3 is 0 Å². The molecule has 2 aromatic rings. The van der Waals surface area contributed by atoms with Crippen LogP contribution in [0, 0.1) is 12.8 Å². The average Bonchev–Trinajstić information content (AvgIpc) is 3.47. The molecule has 208 valence electrons.